The minimum absolute atomic E-state index is 0.214. The van der Waals surface area contributed by atoms with E-state index in [-0.39, 0.29) is 16.2 Å². The Kier molecular flexibility index (Phi) is 13.7. The average Bonchev–Trinajstić information content (AvgIpc) is 1.96. The van der Waals surface area contributed by atoms with Gasteiger partial charge in [0.15, 0.2) is 0 Å². The first-order valence-electron chi connectivity index (χ1n) is 31.6. The van der Waals surface area contributed by atoms with Crippen LogP contribution in [0.1, 0.15) is 91.6 Å². The Morgan fingerprint density at radius 3 is 0.736 bits per heavy atom. The molecule has 0 amide bonds. The number of anilines is 3. The summed E-state index contributed by atoms with van der Waals surface area (Å²) in [6, 6.07) is 101. The molecular formula is C87H72N4. The van der Waals surface area contributed by atoms with Crippen LogP contribution in [0.15, 0.2) is 293 Å². The van der Waals surface area contributed by atoms with E-state index in [9.17, 15) is 0 Å². The molecule has 4 nitrogen and oxygen atoms in total. The normalized spacial score (nSPS) is 12.2. The first-order valence-corrected chi connectivity index (χ1v) is 31.6. The Balaban J connectivity index is 0.831. The number of hydrogen-bond donors (Lipinski definition) is 0. The van der Waals surface area contributed by atoms with Gasteiger partial charge in [0.2, 0.25) is 0 Å². The van der Waals surface area contributed by atoms with E-state index >= 15 is 0 Å². The predicted octanol–water partition coefficient (Wildman–Crippen LogP) is 23.4. The second-order valence-electron chi connectivity index (χ2n) is 26.0. The molecule has 0 N–H and O–H groups in total. The van der Waals surface area contributed by atoms with Gasteiger partial charge in [0, 0.05) is 82.7 Å². The lowest BCUT2D eigenvalue weighted by molar-refractivity contribution is 0.641. The lowest BCUT2D eigenvalue weighted by Crippen LogP contribution is -2.18. The molecule has 0 saturated carbocycles. The van der Waals surface area contributed by atoms with E-state index in [1.165, 1.54) is 98.8 Å². The van der Waals surface area contributed by atoms with Gasteiger partial charge in [-0.1, -0.05) is 225 Å². The van der Waals surface area contributed by atoms with E-state index in [1.807, 2.05) is 18.2 Å². The molecule has 15 aromatic rings. The van der Waals surface area contributed by atoms with Gasteiger partial charge in [-0.05, 0) is 177 Å². The number of aromatic nitrogens is 3. The molecule has 91 heavy (non-hydrogen) atoms. The molecule has 0 atom stereocenters. The summed E-state index contributed by atoms with van der Waals surface area (Å²) in [5.41, 5.74) is 23.8. The number of hydrogen-bond acceptors (Lipinski definition) is 1. The van der Waals surface area contributed by atoms with Gasteiger partial charge in [0.05, 0.1) is 33.1 Å². The summed E-state index contributed by atoms with van der Waals surface area (Å²) in [5.74, 6) is 0. The summed E-state index contributed by atoms with van der Waals surface area (Å²) in [6.07, 6.45) is 5.71. The van der Waals surface area contributed by atoms with Crippen molar-refractivity contribution in [2.24, 2.45) is 0 Å². The summed E-state index contributed by atoms with van der Waals surface area (Å²) in [6.45, 7) is 25.9. The van der Waals surface area contributed by atoms with Crippen LogP contribution in [0.25, 0.3) is 101 Å². The fourth-order valence-corrected chi connectivity index (χ4v) is 14.2. The van der Waals surface area contributed by atoms with Crippen molar-refractivity contribution in [3.63, 3.8) is 0 Å². The Morgan fingerprint density at radius 2 is 0.484 bits per heavy atom. The molecule has 0 saturated heterocycles. The lowest BCUT2D eigenvalue weighted by Gasteiger charge is -2.27. The fraction of sp³-hybridized carbons (Fsp3) is 0.103. The summed E-state index contributed by atoms with van der Waals surface area (Å²) in [4.78, 5) is 2.39. The van der Waals surface area contributed by atoms with E-state index in [0.717, 1.165) is 50.8 Å². The predicted molar refractivity (Wildman–Crippen MR) is 390 cm³/mol. The van der Waals surface area contributed by atoms with E-state index < -0.39 is 0 Å². The molecule has 0 unspecified atom stereocenters. The van der Waals surface area contributed by atoms with Crippen LogP contribution < -0.4 is 4.90 Å². The van der Waals surface area contributed by atoms with Crippen LogP contribution in [0.2, 0.25) is 0 Å². The van der Waals surface area contributed by atoms with Crippen LogP contribution in [0.3, 0.4) is 0 Å². The third kappa shape index (κ3) is 9.44. The van der Waals surface area contributed by atoms with Crippen molar-refractivity contribution in [2.45, 2.75) is 57.8 Å². The molecule has 15 rings (SSSR count). The largest absolute Gasteiger partial charge is 0.310 e. The van der Waals surface area contributed by atoms with Crippen LogP contribution in [0, 0.1) is 0 Å². The number of para-hydroxylation sites is 3. The van der Waals surface area contributed by atoms with Crippen molar-refractivity contribution in [2.75, 3.05) is 4.90 Å². The molecule has 0 aliphatic rings. The molecule has 0 fully saturated rings. The molecule has 0 aliphatic heterocycles. The summed E-state index contributed by atoms with van der Waals surface area (Å²) in [5, 5.41) is 7.39. The maximum Gasteiger partial charge on any atom is 0.0541 e. The average molecular weight is 1170 g/mol. The standard InChI is InChI=1S/C87H72N4/c1-10-58-25-31-61(32-26-58)85(4,5)64-37-52-82-76(55-64)73-19-13-16-22-79(73)89(82)70-46-40-67(41-47-70)88(68-42-48-71(49-43-68)90-80-23-17-14-20-74(80)77-56-65(38-53-83(77)90)86(6,7)62-33-27-59(11-2)28-34-62)69-44-50-72(51-45-69)91-81-24-18-15-21-75(81)78-57-66(39-54-84(78)91)87(8,9)63-35-29-60(12-3)30-36-63/h10-57H,1-3H2,4-9H3. The zero-order valence-electron chi connectivity index (χ0n) is 52.6. The minimum atomic E-state index is -0.214. The van der Waals surface area contributed by atoms with Gasteiger partial charge in [0.1, 0.15) is 0 Å². The molecule has 0 aliphatic carbocycles. The maximum atomic E-state index is 3.99. The number of benzene rings is 12. The molecule has 3 aromatic heterocycles. The third-order valence-electron chi connectivity index (χ3n) is 19.9. The highest BCUT2D eigenvalue weighted by molar-refractivity contribution is 6.12. The molecule has 4 heteroatoms. The zero-order valence-corrected chi connectivity index (χ0v) is 52.6. The van der Waals surface area contributed by atoms with E-state index in [0.29, 0.717) is 0 Å². The van der Waals surface area contributed by atoms with Gasteiger partial charge in [-0.3, -0.25) is 0 Å². The van der Waals surface area contributed by atoms with Crippen LogP contribution in [-0.2, 0) is 16.2 Å². The monoisotopic (exact) mass is 1170 g/mol. The van der Waals surface area contributed by atoms with Crippen molar-refractivity contribution in [3.05, 3.63) is 343 Å². The summed E-state index contributed by atoms with van der Waals surface area (Å²) < 4.78 is 7.26. The highest BCUT2D eigenvalue weighted by Crippen LogP contribution is 2.44. The Morgan fingerprint density at radius 1 is 0.253 bits per heavy atom. The first-order chi connectivity index (χ1) is 44.2. The van der Waals surface area contributed by atoms with E-state index in [4.69, 9.17) is 0 Å². The SMILES string of the molecule is C=Cc1ccc(C(C)(C)c2ccc3c(c2)c2ccccc2n3-c2ccc(N(c3ccc(-n4c5ccccc5c5cc(C(C)(C)c6ccc(C=C)cc6)ccc54)cc3)c3ccc(-n4c5ccccc5c5cc(C(C)(C)c6ccc(C=C)cc6)ccc54)cc3)cc2)cc1. The molecule has 0 spiro atoms. The minimum Gasteiger partial charge on any atom is -0.310 e. The van der Waals surface area contributed by atoms with Gasteiger partial charge in [-0.25, -0.2) is 0 Å². The van der Waals surface area contributed by atoms with Gasteiger partial charge in [-0.15, -0.1) is 0 Å². The van der Waals surface area contributed by atoms with Gasteiger partial charge < -0.3 is 18.6 Å². The molecule has 12 aromatic carbocycles. The van der Waals surface area contributed by atoms with Crippen molar-refractivity contribution in [1.82, 2.24) is 13.7 Å². The van der Waals surface area contributed by atoms with Crippen LogP contribution in [0.4, 0.5) is 17.1 Å². The Labute approximate surface area is 533 Å². The molecular weight excluding hydrogens is 1100 g/mol. The molecule has 0 bridgehead atoms. The number of rotatable bonds is 15. The lowest BCUT2D eigenvalue weighted by atomic mass is 9.77. The number of fused-ring (bicyclic) bond motifs is 9. The van der Waals surface area contributed by atoms with Crippen molar-refractivity contribution < 1.29 is 0 Å². The van der Waals surface area contributed by atoms with Crippen LogP contribution in [-0.4, -0.2) is 13.7 Å². The number of nitrogens with zero attached hydrogens (tertiary/aromatic N) is 4. The molecule has 440 valence electrons. The maximum absolute atomic E-state index is 3.99. The fourth-order valence-electron chi connectivity index (χ4n) is 14.2. The smallest absolute Gasteiger partial charge is 0.0541 e. The third-order valence-corrected chi connectivity index (χ3v) is 19.9. The van der Waals surface area contributed by atoms with Crippen molar-refractivity contribution in [1.29, 1.82) is 0 Å². The van der Waals surface area contributed by atoms with Gasteiger partial charge in [-0.2, -0.15) is 0 Å². The topological polar surface area (TPSA) is 18.0 Å². The highest BCUT2D eigenvalue weighted by Gasteiger charge is 2.29. The van der Waals surface area contributed by atoms with E-state index in [2.05, 4.69) is 353 Å². The second kappa shape index (κ2) is 22.0. The Bertz CT molecular complexity index is 4780. The molecule has 0 radical (unpaired) electrons. The first kappa shape index (κ1) is 56.6. The molecule has 3 heterocycles. The zero-order chi connectivity index (χ0) is 62.3. The van der Waals surface area contributed by atoms with E-state index in [1.54, 1.807) is 0 Å². The van der Waals surface area contributed by atoms with Crippen molar-refractivity contribution >= 4 is 101 Å². The summed E-state index contributed by atoms with van der Waals surface area (Å²) >= 11 is 0. The van der Waals surface area contributed by atoms with Crippen LogP contribution in [0.5, 0.6) is 0 Å². The van der Waals surface area contributed by atoms with Gasteiger partial charge >= 0.3 is 0 Å². The Hall–Kier alpha value is -10.9. The highest BCUT2D eigenvalue weighted by atomic mass is 15.1. The quantitative estimate of drug-likeness (QED) is 0.100. The van der Waals surface area contributed by atoms with Gasteiger partial charge in [0.25, 0.3) is 0 Å². The van der Waals surface area contributed by atoms with Crippen molar-refractivity contribution in [3.8, 4) is 17.1 Å². The van der Waals surface area contributed by atoms with Crippen LogP contribution >= 0.6 is 0 Å². The second-order valence-corrected chi connectivity index (χ2v) is 26.0. The summed E-state index contributed by atoms with van der Waals surface area (Å²) in [7, 11) is 0.